The van der Waals surface area contributed by atoms with Crippen LogP contribution in [0.15, 0.2) is 35.1 Å². The van der Waals surface area contributed by atoms with Gasteiger partial charge in [0.05, 0.1) is 5.69 Å². The van der Waals surface area contributed by atoms with E-state index in [0.717, 1.165) is 11.5 Å². The molecule has 3 rings (SSSR count). The molecule has 1 saturated carbocycles. The fraction of sp³-hybridized carbons (Fsp3) is 0.412. The first kappa shape index (κ1) is 13.1. The highest BCUT2D eigenvalue weighted by Gasteiger charge is 2.19. The Kier molecular flexibility index (Phi) is 3.68. The second-order valence-corrected chi connectivity index (χ2v) is 5.76. The molecule has 0 radical (unpaired) electrons. The Bertz CT molecular complexity index is 654. The summed E-state index contributed by atoms with van der Waals surface area (Å²) < 4.78 is 0. The van der Waals surface area contributed by atoms with Crippen LogP contribution in [0, 0.1) is 6.92 Å². The van der Waals surface area contributed by atoms with Crippen molar-refractivity contribution in [3.05, 3.63) is 63.3 Å². The van der Waals surface area contributed by atoms with Crippen molar-refractivity contribution in [3.63, 3.8) is 0 Å². The van der Waals surface area contributed by atoms with Crippen LogP contribution in [0.4, 0.5) is 0 Å². The molecule has 1 aliphatic rings. The van der Waals surface area contributed by atoms with Crippen molar-refractivity contribution in [2.24, 2.45) is 0 Å². The van der Waals surface area contributed by atoms with Crippen molar-refractivity contribution in [2.45, 2.75) is 44.9 Å². The van der Waals surface area contributed by atoms with Crippen LogP contribution in [0.25, 0.3) is 0 Å². The van der Waals surface area contributed by atoms with E-state index in [0.29, 0.717) is 12.3 Å². The molecule has 0 atom stereocenters. The van der Waals surface area contributed by atoms with Crippen LogP contribution in [-0.4, -0.2) is 9.97 Å². The molecule has 1 aromatic heterocycles. The first-order valence-electron chi connectivity index (χ1n) is 7.36. The van der Waals surface area contributed by atoms with Crippen LogP contribution < -0.4 is 5.56 Å². The van der Waals surface area contributed by atoms with E-state index in [9.17, 15) is 4.79 Å². The molecule has 1 N–H and O–H groups in total. The predicted molar refractivity (Wildman–Crippen MR) is 80.1 cm³/mol. The quantitative estimate of drug-likeness (QED) is 0.928. The molecule has 0 saturated heterocycles. The molecule has 1 aromatic carbocycles. The van der Waals surface area contributed by atoms with Crippen LogP contribution in [0.2, 0.25) is 0 Å². The number of H-pyrrole nitrogens is 1. The van der Waals surface area contributed by atoms with Gasteiger partial charge in [0.1, 0.15) is 5.82 Å². The Hall–Kier alpha value is -1.90. The molecular formula is C17H20N2O. The van der Waals surface area contributed by atoms with Gasteiger partial charge in [-0.05, 0) is 25.3 Å². The summed E-state index contributed by atoms with van der Waals surface area (Å²) in [4.78, 5) is 19.4. The van der Waals surface area contributed by atoms with Gasteiger partial charge in [0, 0.05) is 18.4 Å². The number of aromatic amines is 1. The van der Waals surface area contributed by atoms with Crippen molar-refractivity contribution in [1.29, 1.82) is 0 Å². The smallest absolute Gasteiger partial charge is 0.251 e. The molecule has 3 heteroatoms. The van der Waals surface area contributed by atoms with E-state index in [1.807, 2.05) is 6.07 Å². The summed E-state index contributed by atoms with van der Waals surface area (Å²) >= 11 is 0. The number of hydrogen-bond acceptors (Lipinski definition) is 2. The maximum absolute atomic E-state index is 11.8. The van der Waals surface area contributed by atoms with Gasteiger partial charge in [-0.1, -0.05) is 42.7 Å². The van der Waals surface area contributed by atoms with Crippen molar-refractivity contribution in [2.75, 3.05) is 0 Å². The highest BCUT2D eigenvalue weighted by Crippen LogP contribution is 2.32. The van der Waals surface area contributed by atoms with Crippen molar-refractivity contribution in [3.8, 4) is 0 Å². The van der Waals surface area contributed by atoms with Crippen molar-refractivity contribution < 1.29 is 0 Å². The van der Waals surface area contributed by atoms with E-state index in [-0.39, 0.29) is 5.56 Å². The minimum absolute atomic E-state index is 0.0236. The van der Waals surface area contributed by atoms with E-state index in [1.165, 1.54) is 36.8 Å². The van der Waals surface area contributed by atoms with Crippen LogP contribution in [0.1, 0.15) is 54.2 Å². The second-order valence-electron chi connectivity index (χ2n) is 5.76. The van der Waals surface area contributed by atoms with E-state index < -0.39 is 0 Å². The summed E-state index contributed by atoms with van der Waals surface area (Å²) in [7, 11) is 0. The third-order valence-corrected chi connectivity index (χ3v) is 4.04. The SMILES string of the molecule is Cc1cccc(Cc2nc(C3CCCC3)cc(=O)[nH]2)c1. The monoisotopic (exact) mass is 268 g/mol. The van der Waals surface area contributed by atoms with Gasteiger partial charge in [-0.25, -0.2) is 4.98 Å². The fourth-order valence-corrected chi connectivity index (χ4v) is 3.06. The van der Waals surface area contributed by atoms with E-state index in [1.54, 1.807) is 6.07 Å². The van der Waals surface area contributed by atoms with E-state index in [2.05, 4.69) is 35.1 Å². The maximum Gasteiger partial charge on any atom is 0.251 e. The average Bonchev–Trinajstić information content (AvgIpc) is 2.91. The van der Waals surface area contributed by atoms with Gasteiger partial charge in [0.2, 0.25) is 0 Å². The minimum Gasteiger partial charge on any atom is -0.310 e. The lowest BCUT2D eigenvalue weighted by Crippen LogP contribution is -2.14. The summed E-state index contributed by atoms with van der Waals surface area (Å²) in [6, 6.07) is 10.0. The molecule has 2 aromatic rings. The van der Waals surface area contributed by atoms with Crippen LogP contribution in [0.3, 0.4) is 0 Å². The van der Waals surface area contributed by atoms with Gasteiger partial charge in [-0.15, -0.1) is 0 Å². The van der Waals surface area contributed by atoms with Gasteiger partial charge < -0.3 is 4.98 Å². The number of benzene rings is 1. The van der Waals surface area contributed by atoms with Gasteiger partial charge in [0.15, 0.2) is 0 Å². The molecule has 104 valence electrons. The lowest BCUT2D eigenvalue weighted by molar-refractivity contribution is 0.683. The third kappa shape index (κ3) is 2.98. The molecule has 0 bridgehead atoms. The first-order valence-corrected chi connectivity index (χ1v) is 7.36. The summed E-state index contributed by atoms with van der Waals surface area (Å²) in [5.41, 5.74) is 3.38. The summed E-state index contributed by atoms with van der Waals surface area (Å²) in [6.45, 7) is 2.08. The molecule has 1 fully saturated rings. The lowest BCUT2D eigenvalue weighted by atomic mass is 10.0. The highest BCUT2D eigenvalue weighted by atomic mass is 16.1. The second kappa shape index (κ2) is 5.61. The minimum atomic E-state index is -0.0236. The molecule has 3 nitrogen and oxygen atoms in total. The third-order valence-electron chi connectivity index (χ3n) is 4.04. The van der Waals surface area contributed by atoms with Gasteiger partial charge in [0.25, 0.3) is 5.56 Å². The van der Waals surface area contributed by atoms with Gasteiger partial charge >= 0.3 is 0 Å². The number of rotatable bonds is 3. The largest absolute Gasteiger partial charge is 0.310 e. The normalized spacial score (nSPS) is 15.7. The molecule has 20 heavy (non-hydrogen) atoms. The predicted octanol–water partition coefficient (Wildman–Crippen LogP) is 3.33. The lowest BCUT2D eigenvalue weighted by Gasteiger charge is -2.10. The first-order chi connectivity index (χ1) is 9.70. The van der Waals surface area contributed by atoms with E-state index in [4.69, 9.17) is 0 Å². The van der Waals surface area contributed by atoms with Crippen LogP contribution >= 0.6 is 0 Å². The zero-order valence-corrected chi connectivity index (χ0v) is 11.9. The van der Waals surface area contributed by atoms with Gasteiger partial charge in [-0.2, -0.15) is 0 Å². The van der Waals surface area contributed by atoms with Crippen molar-refractivity contribution >= 4 is 0 Å². The topological polar surface area (TPSA) is 45.8 Å². The van der Waals surface area contributed by atoms with Crippen molar-refractivity contribution in [1.82, 2.24) is 9.97 Å². The molecule has 0 amide bonds. The maximum atomic E-state index is 11.8. The number of hydrogen-bond donors (Lipinski definition) is 1. The summed E-state index contributed by atoms with van der Waals surface area (Å²) in [5.74, 6) is 1.26. The zero-order chi connectivity index (χ0) is 13.9. The summed E-state index contributed by atoms with van der Waals surface area (Å²) in [5, 5.41) is 0. The number of nitrogens with zero attached hydrogens (tertiary/aromatic N) is 1. The standard InChI is InChI=1S/C17H20N2O/c1-12-5-4-6-13(9-12)10-16-18-15(11-17(20)19-16)14-7-2-3-8-14/h4-6,9,11,14H,2-3,7-8,10H2,1H3,(H,18,19,20). The Labute approximate surface area is 119 Å². The molecule has 1 aliphatic carbocycles. The Morgan fingerprint density at radius 1 is 1.25 bits per heavy atom. The van der Waals surface area contributed by atoms with Crippen LogP contribution in [-0.2, 0) is 6.42 Å². The molecule has 0 aliphatic heterocycles. The molecule has 1 heterocycles. The average molecular weight is 268 g/mol. The number of nitrogens with one attached hydrogen (secondary N) is 1. The molecular weight excluding hydrogens is 248 g/mol. The zero-order valence-electron chi connectivity index (χ0n) is 11.9. The van der Waals surface area contributed by atoms with Crippen LogP contribution in [0.5, 0.6) is 0 Å². The number of aromatic nitrogens is 2. The molecule has 0 spiro atoms. The molecule has 0 unspecified atom stereocenters. The Morgan fingerprint density at radius 3 is 2.80 bits per heavy atom. The fourth-order valence-electron chi connectivity index (χ4n) is 3.06. The highest BCUT2D eigenvalue weighted by molar-refractivity contribution is 5.25. The van der Waals surface area contributed by atoms with E-state index >= 15 is 0 Å². The number of aryl methyl sites for hydroxylation is 1. The summed E-state index contributed by atoms with van der Waals surface area (Å²) in [6.07, 6.45) is 5.54. The Morgan fingerprint density at radius 2 is 2.05 bits per heavy atom. The van der Waals surface area contributed by atoms with Gasteiger partial charge in [-0.3, -0.25) is 4.79 Å². The Balaban J connectivity index is 1.87.